The topological polar surface area (TPSA) is 107 Å². The van der Waals surface area contributed by atoms with E-state index in [-0.39, 0.29) is 17.2 Å². The lowest BCUT2D eigenvalue weighted by Gasteiger charge is -2.38. The second kappa shape index (κ2) is 11.8. The average molecular weight is 528 g/mol. The van der Waals surface area contributed by atoms with Crippen molar-refractivity contribution in [1.82, 2.24) is 15.4 Å². The fourth-order valence-electron chi connectivity index (χ4n) is 3.70. The molecule has 3 aromatic rings. The highest BCUT2D eigenvalue weighted by atomic mass is 19.1. The third-order valence-electron chi connectivity index (χ3n) is 5.92. The van der Waals surface area contributed by atoms with Crippen LogP contribution in [0.2, 0.25) is 0 Å². The molecule has 1 heterocycles. The van der Waals surface area contributed by atoms with Gasteiger partial charge in [0.25, 0.3) is 5.91 Å². The number of amides is 1. The normalized spacial score (nSPS) is 12.0. The number of rotatable bonds is 9. The maximum Gasteiger partial charge on any atom is 0.347 e. The molecule has 1 amide bonds. The number of carbonyl (C=O) groups excluding carboxylic acids is 3. The van der Waals surface area contributed by atoms with E-state index in [0.29, 0.717) is 11.1 Å². The van der Waals surface area contributed by atoms with E-state index in [4.69, 9.17) is 14.3 Å². The molecule has 0 fully saturated rings. The van der Waals surface area contributed by atoms with E-state index < -0.39 is 41.1 Å². The Balaban J connectivity index is 1.83. The van der Waals surface area contributed by atoms with E-state index in [2.05, 4.69) is 10.3 Å². The van der Waals surface area contributed by atoms with Gasteiger partial charge in [-0.2, -0.15) is 0 Å². The molecule has 0 saturated heterocycles. The first-order chi connectivity index (χ1) is 18.0. The molecule has 0 aliphatic heterocycles. The minimum Gasteiger partial charge on any atom is -0.493 e. The number of ether oxygens (including phenoxy) is 2. The third kappa shape index (κ3) is 6.12. The predicted molar refractivity (Wildman–Crippen MR) is 132 cm³/mol. The maximum atomic E-state index is 13.6. The van der Waals surface area contributed by atoms with Crippen LogP contribution in [0, 0.1) is 11.6 Å². The number of esters is 1. The van der Waals surface area contributed by atoms with Crippen LogP contribution >= 0.6 is 0 Å². The molecular formula is C27H27F2N3O6. The molecular weight excluding hydrogens is 500 g/mol. The average Bonchev–Trinajstić information content (AvgIpc) is 2.88. The fourth-order valence-corrected chi connectivity index (χ4v) is 3.70. The molecule has 1 aromatic heterocycles. The van der Waals surface area contributed by atoms with Crippen LogP contribution in [0.3, 0.4) is 0 Å². The monoisotopic (exact) mass is 527 g/mol. The largest absolute Gasteiger partial charge is 0.493 e. The molecule has 1 unspecified atom stereocenters. The van der Waals surface area contributed by atoms with Crippen molar-refractivity contribution in [2.45, 2.75) is 32.4 Å². The van der Waals surface area contributed by atoms with E-state index in [9.17, 15) is 23.2 Å². The van der Waals surface area contributed by atoms with E-state index in [0.717, 1.165) is 6.92 Å². The van der Waals surface area contributed by atoms with E-state index in [1.54, 1.807) is 6.92 Å². The van der Waals surface area contributed by atoms with E-state index >= 15 is 0 Å². The maximum absolute atomic E-state index is 13.6. The van der Waals surface area contributed by atoms with Gasteiger partial charge in [-0.05, 0) is 49.2 Å². The minimum absolute atomic E-state index is 0.102. The van der Waals surface area contributed by atoms with Crippen LogP contribution in [-0.2, 0) is 20.0 Å². The van der Waals surface area contributed by atoms with E-state index in [1.165, 1.54) is 86.9 Å². The van der Waals surface area contributed by atoms with Crippen molar-refractivity contribution in [2.24, 2.45) is 0 Å². The molecule has 0 spiro atoms. The molecule has 11 heteroatoms. The second-order valence-corrected chi connectivity index (χ2v) is 8.47. The van der Waals surface area contributed by atoms with Crippen molar-refractivity contribution in [2.75, 3.05) is 14.2 Å². The number of methoxy groups -OCH3 is 1. The number of hydrogen-bond acceptors (Lipinski definition) is 8. The van der Waals surface area contributed by atoms with Crippen LogP contribution < -0.4 is 14.8 Å². The highest BCUT2D eigenvalue weighted by Crippen LogP contribution is 2.35. The predicted octanol–water partition coefficient (Wildman–Crippen LogP) is 3.77. The van der Waals surface area contributed by atoms with Gasteiger partial charge < -0.3 is 19.6 Å². The first-order valence-electron chi connectivity index (χ1n) is 11.5. The quantitative estimate of drug-likeness (QED) is 0.331. The zero-order valence-electron chi connectivity index (χ0n) is 21.5. The van der Waals surface area contributed by atoms with Crippen LogP contribution in [0.5, 0.6) is 11.5 Å². The summed E-state index contributed by atoms with van der Waals surface area (Å²) in [4.78, 5) is 47.0. The molecule has 0 aliphatic rings. The van der Waals surface area contributed by atoms with Crippen molar-refractivity contribution >= 4 is 17.8 Å². The highest BCUT2D eigenvalue weighted by molar-refractivity contribution is 5.98. The lowest BCUT2D eigenvalue weighted by atomic mass is 9.84. The Morgan fingerprint density at radius 3 is 1.97 bits per heavy atom. The summed E-state index contributed by atoms with van der Waals surface area (Å²) in [6.45, 7) is 4.27. The van der Waals surface area contributed by atoms with Crippen molar-refractivity contribution in [3.8, 4) is 11.5 Å². The number of hydroxylamine groups is 2. The summed E-state index contributed by atoms with van der Waals surface area (Å²) in [5, 5.41) is 3.71. The highest BCUT2D eigenvalue weighted by Gasteiger charge is 2.37. The van der Waals surface area contributed by atoms with Gasteiger partial charge in [0, 0.05) is 26.2 Å². The molecule has 0 bridgehead atoms. The number of pyridine rings is 1. The van der Waals surface area contributed by atoms with Crippen LogP contribution in [0.15, 0.2) is 60.8 Å². The van der Waals surface area contributed by atoms with Gasteiger partial charge in [-0.3, -0.25) is 9.59 Å². The number of nitrogens with one attached hydrogen (secondary N) is 1. The first kappa shape index (κ1) is 28.2. The van der Waals surface area contributed by atoms with Gasteiger partial charge in [0.1, 0.15) is 23.2 Å². The van der Waals surface area contributed by atoms with Crippen molar-refractivity contribution in [1.29, 1.82) is 0 Å². The number of benzene rings is 2. The van der Waals surface area contributed by atoms with Crippen molar-refractivity contribution in [3.63, 3.8) is 0 Å². The zero-order valence-corrected chi connectivity index (χ0v) is 21.5. The summed E-state index contributed by atoms with van der Waals surface area (Å²) >= 11 is 0. The molecule has 0 aliphatic carbocycles. The molecule has 1 atom stereocenters. The Labute approximate surface area is 218 Å². The number of aromatic nitrogens is 1. The lowest BCUT2D eigenvalue weighted by Crippen LogP contribution is -2.48. The summed E-state index contributed by atoms with van der Waals surface area (Å²) in [7, 11) is 2.82. The number of nitrogens with zero attached hydrogens (tertiary/aromatic N) is 2. The Morgan fingerprint density at radius 2 is 1.50 bits per heavy atom. The molecule has 9 nitrogen and oxygen atoms in total. The Hall–Kier alpha value is -4.38. The smallest absolute Gasteiger partial charge is 0.347 e. The van der Waals surface area contributed by atoms with Crippen molar-refractivity contribution in [3.05, 3.63) is 89.2 Å². The zero-order chi connectivity index (χ0) is 28.0. The summed E-state index contributed by atoms with van der Waals surface area (Å²) in [6.07, 6.45) is 1.29. The summed E-state index contributed by atoms with van der Waals surface area (Å²) in [5.41, 5.74) is -0.305. The molecule has 2 aromatic carbocycles. The summed E-state index contributed by atoms with van der Waals surface area (Å²) in [5.74, 6) is -3.35. The van der Waals surface area contributed by atoms with Gasteiger partial charge in [0.2, 0.25) is 5.75 Å². The Bertz CT molecular complexity index is 1270. The standard InChI is InChI=1S/C27H27F2N3O6/c1-16(31-25(34)23-24(37-17(2)33)22(36-5)14-15-30-23)26(35)38-32(4)27(3,18-6-10-20(28)11-7-18)19-8-12-21(29)13-9-19/h6-16H,1-5H3,(H,31,34). The molecule has 0 radical (unpaired) electrons. The third-order valence-corrected chi connectivity index (χ3v) is 5.92. The van der Waals surface area contributed by atoms with Crippen LogP contribution in [0.1, 0.15) is 42.4 Å². The molecule has 38 heavy (non-hydrogen) atoms. The van der Waals surface area contributed by atoms with E-state index in [1.807, 2.05) is 0 Å². The number of halogens is 2. The first-order valence-corrected chi connectivity index (χ1v) is 11.5. The Morgan fingerprint density at radius 1 is 0.974 bits per heavy atom. The van der Waals surface area contributed by atoms with Gasteiger partial charge in [-0.15, -0.1) is 5.06 Å². The molecule has 0 saturated carbocycles. The summed E-state index contributed by atoms with van der Waals surface area (Å²) < 4.78 is 37.5. The van der Waals surface area contributed by atoms with Gasteiger partial charge in [-0.25, -0.2) is 18.6 Å². The number of carbonyl (C=O) groups is 3. The van der Waals surface area contributed by atoms with Crippen molar-refractivity contribution < 1.29 is 37.5 Å². The van der Waals surface area contributed by atoms with Crippen LogP contribution in [-0.4, -0.2) is 48.1 Å². The Kier molecular flexibility index (Phi) is 8.74. The van der Waals surface area contributed by atoms with Crippen LogP contribution in [0.4, 0.5) is 8.78 Å². The molecule has 1 N–H and O–H groups in total. The fraction of sp³-hybridized carbons (Fsp3) is 0.259. The number of hydrogen-bond donors (Lipinski definition) is 1. The van der Waals surface area contributed by atoms with Crippen LogP contribution in [0.25, 0.3) is 0 Å². The minimum atomic E-state index is -1.17. The summed E-state index contributed by atoms with van der Waals surface area (Å²) in [6, 6.07) is 11.4. The SMILES string of the molecule is COc1ccnc(C(=O)NC(C)C(=O)ON(C)C(C)(c2ccc(F)cc2)c2ccc(F)cc2)c1OC(C)=O. The second-order valence-electron chi connectivity index (χ2n) is 8.47. The molecule has 3 rings (SSSR count). The van der Waals surface area contributed by atoms with Gasteiger partial charge >= 0.3 is 11.9 Å². The lowest BCUT2D eigenvalue weighted by molar-refractivity contribution is -0.207. The van der Waals surface area contributed by atoms with Gasteiger partial charge in [0.05, 0.1) is 7.11 Å². The molecule has 200 valence electrons. The van der Waals surface area contributed by atoms with Gasteiger partial charge in [-0.1, -0.05) is 24.3 Å². The van der Waals surface area contributed by atoms with Gasteiger partial charge in [0.15, 0.2) is 11.4 Å².